The van der Waals surface area contributed by atoms with Gasteiger partial charge in [0.05, 0.1) is 11.1 Å². The van der Waals surface area contributed by atoms with Gasteiger partial charge < -0.3 is 0 Å². The summed E-state index contributed by atoms with van der Waals surface area (Å²) in [5, 5.41) is 24.5. The van der Waals surface area contributed by atoms with Crippen molar-refractivity contribution in [2.24, 2.45) is 0 Å². The Labute approximate surface area is 61.5 Å². The molecule has 1 aromatic rings. The highest BCUT2D eigenvalue weighted by molar-refractivity contribution is 8.03. The quantitative estimate of drug-likeness (QED) is 0.475. The molecule has 10 heavy (non-hydrogen) atoms. The lowest BCUT2D eigenvalue weighted by atomic mass is 10.5. The highest BCUT2D eigenvalue weighted by Crippen LogP contribution is 2.17. The molecule has 0 bridgehead atoms. The standard InChI is InChI=1S/C5H2N4S/c6-1-4-5(10-3-7)2-8-9-4/h2H,(H,8,9). The monoisotopic (exact) mass is 150 g/mol. The number of aromatic amines is 1. The van der Waals surface area contributed by atoms with Gasteiger partial charge in [-0.1, -0.05) is 0 Å². The van der Waals surface area contributed by atoms with E-state index in [-0.39, 0.29) is 0 Å². The SMILES string of the molecule is N#CSc1cn[nH]c1C#N. The Morgan fingerprint density at radius 2 is 2.40 bits per heavy atom. The van der Waals surface area contributed by atoms with Crippen LogP contribution in [0.1, 0.15) is 5.69 Å². The molecule has 1 N–H and O–H groups in total. The van der Waals surface area contributed by atoms with Gasteiger partial charge in [-0.3, -0.25) is 5.10 Å². The molecule has 0 atom stereocenters. The first-order valence-corrected chi connectivity index (χ1v) is 3.19. The zero-order valence-corrected chi connectivity index (χ0v) is 5.64. The van der Waals surface area contributed by atoms with Gasteiger partial charge in [-0.2, -0.15) is 15.6 Å². The fourth-order valence-corrected chi connectivity index (χ4v) is 0.879. The van der Waals surface area contributed by atoms with Gasteiger partial charge in [0.25, 0.3) is 0 Å². The van der Waals surface area contributed by atoms with Gasteiger partial charge in [0, 0.05) is 0 Å². The summed E-state index contributed by atoms with van der Waals surface area (Å²) in [7, 11) is 0. The summed E-state index contributed by atoms with van der Waals surface area (Å²) in [6.07, 6.45) is 1.45. The van der Waals surface area contributed by atoms with Gasteiger partial charge >= 0.3 is 0 Å². The van der Waals surface area contributed by atoms with Crippen molar-refractivity contribution in [1.29, 1.82) is 10.5 Å². The number of hydrogen-bond acceptors (Lipinski definition) is 4. The summed E-state index contributed by atoms with van der Waals surface area (Å²) in [4.78, 5) is 0.574. The van der Waals surface area contributed by atoms with Crippen molar-refractivity contribution in [2.45, 2.75) is 4.90 Å². The molecule has 5 heteroatoms. The van der Waals surface area contributed by atoms with Crippen LogP contribution in [0.15, 0.2) is 11.1 Å². The molecule has 1 aromatic heterocycles. The number of aromatic nitrogens is 2. The van der Waals surface area contributed by atoms with Crippen LogP contribution < -0.4 is 0 Å². The maximum atomic E-state index is 8.39. The number of nitriles is 2. The van der Waals surface area contributed by atoms with Crippen LogP contribution in [0.3, 0.4) is 0 Å². The average Bonchev–Trinajstić information content (AvgIpc) is 2.36. The van der Waals surface area contributed by atoms with Gasteiger partial charge in [0.1, 0.15) is 17.2 Å². The van der Waals surface area contributed by atoms with E-state index in [9.17, 15) is 0 Å². The third-order valence-electron chi connectivity index (χ3n) is 0.872. The van der Waals surface area contributed by atoms with Crippen LogP contribution in [0.5, 0.6) is 0 Å². The van der Waals surface area contributed by atoms with Crippen molar-refractivity contribution < 1.29 is 0 Å². The molecule has 0 amide bonds. The molecule has 0 fully saturated rings. The highest BCUT2D eigenvalue weighted by Gasteiger charge is 2.02. The largest absolute Gasteiger partial charge is 0.267 e. The van der Waals surface area contributed by atoms with Crippen LogP contribution in [0.25, 0.3) is 0 Å². The molecular formula is C5H2N4S. The lowest BCUT2D eigenvalue weighted by Crippen LogP contribution is -1.73. The summed E-state index contributed by atoms with van der Waals surface area (Å²) in [5.74, 6) is 0. The molecule has 0 unspecified atom stereocenters. The topological polar surface area (TPSA) is 76.3 Å². The summed E-state index contributed by atoms with van der Waals surface area (Å²) in [6, 6.07) is 1.87. The smallest absolute Gasteiger partial charge is 0.150 e. The first-order chi connectivity index (χ1) is 4.88. The van der Waals surface area contributed by atoms with Crippen molar-refractivity contribution >= 4 is 11.8 Å². The predicted molar refractivity (Wildman–Crippen MR) is 34.8 cm³/mol. The maximum absolute atomic E-state index is 8.39. The van der Waals surface area contributed by atoms with Crippen molar-refractivity contribution in [1.82, 2.24) is 10.2 Å². The van der Waals surface area contributed by atoms with E-state index >= 15 is 0 Å². The Morgan fingerprint density at radius 3 is 3.00 bits per heavy atom. The first-order valence-electron chi connectivity index (χ1n) is 2.38. The summed E-state index contributed by atoms with van der Waals surface area (Å²) >= 11 is 0.922. The van der Waals surface area contributed by atoms with E-state index in [2.05, 4.69) is 10.2 Å². The molecule has 0 radical (unpaired) electrons. The van der Waals surface area contributed by atoms with E-state index in [1.807, 2.05) is 11.5 Å². The summed E-state index contributed by atoms with van der Waals surface area (Å²) < 4.78 is 0. The van der Waals surface area contributed by atoms with E-state index < -0.39 is 0 Å². The molecule has 48 valence electrons. The molecule has 0 saturated heterocycles. The minimum Gasteiger partial charge on any atom is -0.267 e. The third-order valence-corrected chi connectivity index (χ3v) is 1.49. The van der Waals surface area contributed by atoms with E-state index in [0.29, 0.717) is 10.6 Å². The van der Waals surface area contributed by atoms with Crippen LogP contribution in [-0.2, 0) is 0 Å². The number of hydrogen-bond donors (Lipinski definition) is 1. The van der Waals surface area contributed by atoms with Gasteiger partial charge in [-0.25, -0.2) is 0 Å². The van der Waals surface area contributed by atoms with Crippen molar-refractivity contribution in [2.75, 3.05) is 0 Å². The van der Waals surface area contributed by atoms with Crippen LogP contribution >= 0.6 is 11.8 Å². The zero-order valence-electron chi connectivity index (χ0n) is 4.83. The summed E-state index contributed by atoms with van der Waals surface area (Å²) in [5.41, 5.74) is 0.339. The molecule has 0 spiro atoms. The fraction of sp³-hybridized carbons (Fsp3) is 0. The molecule has 1 heterocycles. The second-order valence-electron chi connectivity index (χ2n) is 1.41. The fourth-order valence-electron chi connectivity index (χ4n) is 0.482. The third kappa shape index (κ3) is 1.09. The Bertz CT molecular complexity index is 302. The number of thioether (sulfide) groups is 1. The lowest BCUT2D eigenvalue weighted by molar-refractivity contribution is 1.07. The van der Waals surface area contributed by atoms with Crippen molar-refractivity contribution in [3.05, 3.63) is 11.9 Å². The van der Waals surface area contributed by atoms with Gasteiger partial charge in [-0.15, -0.1) is 0 Å². The molecule has 4 nitrogen and oxygen atoms in total. The van der Waals surface area contributed by atoms with Gasteiger partial charge in [0.15, 0.2) is 0 Å². The summed E-state index contributed by atoms with van der Waals surface area (Å²) in [6.45, 7) is 0. The number of thiocyanates is 1. The van der Waals surface area contributed by atoms with Crippen LogP contribution in [0.2, 0.25) is 0 Å². The van der Waals surface area contributed by atoms with Gasteiger partial charge in [0.2, 0.25) is 0 Å². The van der Waals surface area contributed by atoms with Crippen LogP contribution in [0, 0.1) is 22.0 Å². The maximum Gasteiger partial charge on any atom is 0.150 e. The van der Waals surface area contributed by atoms with Crippen LogP contribution in [0.4, 0.5) is 0 Å². The zero-order chi connectivity index (χ0) is 7.40. The predicted octanol–water partition coefficient (Wildman–Crippen LogP) is 0.855. The van der Waals surface area contributed by atoms with Crippen LogP contribution in [-0.4, -0.2) is 10.2 Å². The van der Waals surface area contributed by atoms with E-state index in [1.54, 1.807) is 0 Å². The molecule has 0 aliphatic carbocycles. The first kappa shape index (κ1) is 6.66. The second-order valence-corrected chi connectivity index (χ2v) is 2.24. The molecule has 0 aromatic carbocycles. The lowest BCUT2D eigenvalue weighted by Gasteiger charge is -1.80. The molecular weight excluding hydrogens is 148 g/mol. The molecule has 0 aliphatic heterocycles. The molecule has 1 rings (SSSR count). The average molecular weight is 150 g/mol. The number of nitrogens with one attached hydrogen (secondary N) is 1. The Kier molecular flexibility index (Phi) is 1.93. The second kappa shape index (κ2) is 2.90. The molecule has 0 saturated carbocycles. The Hall–Kier alpha value is -1.46. The normalized spacial score (nSPS) is 8.20. The van der Waals surface area contributed by atoms with Crippen molar-refractivity contribution in [3.63, 3.8) is 0 Å². The Balaban J connectivity index is 2.96. The van der Waals surface area contributed by atoms with Gasteiger partial charge in [-0.05, 0) is 11.8 Å². The number of nitrogens with zero attached hydrogens (tertiary/aromatic N) is 3. The minimum atomic E-state index is 0.339. The highest BCUT2D eigenvalue weighted by atomic mass is 32.2. The molecule has 0 aliphatic rings. The van der Waals surface area contributed by atoms with E-state index in [1.165, 1.54) is 6.20 Å². The number of H-pyrrole nitrogens is 1. The van der Waals surface area contributed by atoms with Crippen molar-refractivity contribution in [3.8, 4) is 11.5 Å². The Morgan fingerprint density at radius 1 is 1.60 bits per heavy atom. The van der Waals surface area contributed by atoms with E-state index in [4.69, 9.17) is 10.5 Å². The minimum absolute atomic E-state index is 0.339. The van der Waals surface area contributed by atoms with E-state index in [0.717, 1.165) is 11.8 Å². The number of rotatable bonds is 1.